The average molecular weight is 353 g/mol. The summed E-state index contributed by atoms with van der Waals surface area (Å²) in [5.74, 6) is 3.26. The Labute approximate surface area is 149 Å². The molecule has 26 heavy (non-hydrogen) atoms. The van der Waals surface area contributed by atoms with E-state index in [1.54, 1.807) is 7.05 Å². The molecule has 0 amide bonds. The van der Waals surface area contributed by atoms with Crippen LogP contribution in [0.1, 0.15) is 44.2 Å². The molecule has 1 N–H and O–H groups in total. The summed E-state index contributed by atoms with van der Waals surface area (Å²) in [7, 11) is 3.19. The highest BCUT2D eigenvalue weighted by atomic mass is 16.2. The van der Waals surface area contributed by atoms with Gasteiger partial charge in [-0.05, 0) is 56.3 Å². The van der Waals surface area contributed by atoms with Crippen LogP contribution in [0.2, 0.25) is 0 Å². The third kappa shape index (κ3) is 1.66. The molecule has 3 aromatic rings. The molecule has 0 aliphatic heterocycles. The highest BCUT2D eigenvalue weighted by molar-refractivity contribution is 5.75. The first-order chi connectivity index (χ1) is 12.4. The standard InChI is InChI=1S/C19H23N5O2/c1-22-15-14(16(25)23(2)18(22)26)24-9-13(20-17(24)21-15)19-6-10-3-11(7-19)5-12(4-10)8-19/h9-12H,3-8H2,1-2H3,(H,20,21). The molecule has 0 radical (unpaired) electrons. The number of aromatic nitrogens is 5. The average Bonchev–Trinajstić information content (AvgIpc) is 3.15. The lowest BCUT2D eigenvalue weighted by Crippen LogP contribution is -2.48. The van der Waals surface area contributed by atoms with Gasteiger partial charge in [-0.25, -0.2) is 4.79 Å². The number of rotatable bonds is 1. The minimum absolute atomic E-state index is 0.230. The van der Waals surface area contributed by atoms with Gasteiger partial charge in [-0.3, -0.25) is 18.3 Å². The van der Waals surface area contributed by atoms with Gasteiger partial charge in [0.25, 0.3) is 5.56 Å². The molecular formula is C19H23N5O2. The number of imidazole rings is 2. The van der Waals surface area contributed by atoms with Crippen LogP contribution in [-0.2, 0) is 19.5 Å². The molecule has 4 aliphatic carbocycles. The van der Waals surface area contributed by atoms with Gasteiger partial charge in [0.15, 0.2) is 11.2 Å². The van der Waals surface area contributed by atoms with Gasteiger partial charge in [0.05, 0.1) is 0 Å². The Morgan fingerprint density at radius 3 is 2.27 bits per heavy atom. The lowest BCUT2D eigenvalue weighted by molar-refractivity contribution is -0.00697. The fourth-order valence-corrected chi connectivity index (χ4v) is 6.62. The summed E-state index contributed by atoms with van der Waals surface area (Å²) in [6, 6.07) is 0. The van der Waals surface area contributed by atoms with Crippen molar-refractivity contribution < 1.29 is 0 Å². The van der Waals surface area contributed by atoms with Crippen molar-refractivity contribution in [2.45, 2.75) is 43.9 Å². The van der Waals surface area contributed by atoms with Crippen LogP contribution < -0.4 is 11.2 Å². The molecule has 3 aromatic heterocycles. The number of hydrogen-bond donors (Lipinski definition) is 1. The number of H-pyrrole nitrogens is 1. The Morgan fingerprint density at radius 2 is 1.65 bits per heavy atom. The molecule has 7 nitrogen and oxygen atoms in total. The van der Waals surface area contributed by atoms with Gasteiger partial charge in [-0.2, -0.15) is 4.98 Å². The second kappa shape index (κ2) is 4.50. The van der Waals surface area contributed by atoms with Crippen LogP contribution in [-0.4, -0.2) is 23.5 Å². The molecule has 0 unspecified atom stereocenters. The van der Waals surface area contributed by atoms with E-state index in [0.717, 1.165) is 22.3 Å². The van der Waals surface area contributed by atoms with Gasteiger partial charge in [0.2, 0.25) is 5.78 Å². The minimum atomic E-state index is -0.343. The Bertz CT molecular complexity index is 1160. The Kier molecular flexibility index (Phi) is 2.57. The van der Waals surface area contributed by atoms with Crippen molar-refractivity contribution in [3.8, 4) is 0 Å². The maximum atomic E-state index is 12.7. The largest absolute Gasteiger partial charge is 0.332 e. The lowest BCUT2D eigenvalue weighted by atomic mass is 9.49. The van der Waals surface area contributed by atoms with E-state index >= 15 is 0 Å². The number of nitrogens with zero attached hydrogens (tertiary/aromatic N) is 4. The van der Waals surface area contributed by atoms with Crippen LogP contribution in [0.15, 0.2) is 15.8 Å². The molecule has 7 rings (SSSR count). The highest BCUT2D eigenvalue weighted by Crippen LogP contribution is 2.60. The van der Waals surface area contributed by atoms with Gasteiger partial charge < -0.3 is 4.98 Å². The molecule has 7 heteroatoms. The Balaban J connectivity index is 1.59. The summed E-state index contributed by atoms with van der Waals surface area (Å²) in [6.45, 7) is 0. The van der Waals surface area contributed by atoms with Crippen LogP contribution in [0.5, 0.6) is 0 Å². The molecule has 0 aromatic carbocycles. The number of hydrogen-bond acceptors (Lipinski definition) is 3. The number of aryl methyl sites for hydroxylation is 1. The van der Waals surface area contributed by atoms with Crippen LogP contribution in [0, 0.1) is 17.8 Å². The zero-order chi connectivity index (χ0) is 17.8. The van der Waals surface area contributed by atoms with Crippen molar-refractivity contribution in [2.24, 2.45) is 31.8 Å². The summed E-state index contributed by atoms with van der Waals surface area (Å²) < 4.78 is 4.47. The first-order valence-corrected chi connectivity index (χ1v) is 9.62. The molecule has 4 saturated carbocycles. The second-order valence-corrected chi connectivity index (χ2v) is 9.05. The van der Waals surface area contributed by atoms with Crippen LogP contribution in [0.3, 0.4) is 0 Å². The summed E-state index contributed by atoms with van der Waals surface area (Å²) in [5, 5.41) is 0. The van der Waals surface area contributed by atoms with E-state index in [9.17, 15) is 9.59 Å². The topological polar surface area (TPSA) is 77.1 Å². The number of fused-ring (bicyclic) bond motifs is 3. The van der Waals surface area contributed by atoms with Crippen molar-refractivity contribution in [1.82, 2.24) is 23.5 Å². The van der Waals surface area contributed by atoms with Crippen molar-refractivity contribution >= 4 is 16.9 Å². The Hall–Kier alpha value is -2.31. The summed E-state index contributed by atoms with van der Waals surface area (Å²) in [6.07, 6.45) is 10.1. The lowest BCUT2D eigenvalue weighted by Gasteiger charge is -2.56. The first kappa shape index (κ1) is 14.8. The number of aromatic amines is 1. The molecule has 136 valence electrons. The molecule has 3 heterocycles. The molecule has 4 bridgehead atoms. The SMILES string of the molecule is Cn1c(=O)c2c(nc3[nH]c(C45CC6CC(CC(C6)C4)C5)cn32)n(C)c1=O. The molecule has 4 fully saturated rings. The third-order valence-electron chi connectivity index (χ3n) is 7.41. The first-order valence-electron chi connectivity index (χ1n) is 9.62. The normalized spacial score (nSPS) is 32.9. The van der Waals surface area contributed by atoms with Crippen molar-refractivity contribution in [3.05, 3.63) is 32.7 Å². The monoisotopic (exact) mass is 353 g/mol. The fraction of sp³-hybridized carbons (Fsp3) is 0.632. The van der Waals surface area contributed by atoms with E-state index in [2.05, 4.69) is 16.2 Å². The molecule has 0 spiro atoms. The van der Waals surface area contributed by atoms with Crippen LogP contribution >= 0.6 is 0 Å². The summed E-state index contributed by atoms with van der Waals surface area (Å²) >= 11 is 0. The van der Waals surface area contributed by atoms with Gasteiger partial charge >= 0.3 is 5.69 Å². The van der Waals surface area contributed by atoms with Crippen molar-refractivity contribution in [1.29, 1.82) is 0 Å². The summed E-state index contributed by atoms with van der Waals surface area (Å²) in [4.78, 5) is 33.0. The van der Waals surface area contributed by atoms with Gasteiger partial charge in [0, 0.05) is 31.4 Å². The number of nitrogens with one attached hydrogen (secondary N) is 1. The predicted molar refractivity (Wildman–Crippen MR) is 97.4 cm³/mol. The van der Waals surface area contributed by atoms with Crippen LogP contribution in [0.4, 0.5) is 0 Å². The minimum Gasteiger partial charge on any atom is -0.327 e. The smallest absolute Gasteiger partial charge is 0.327 e. The van der Waals surface area contributed by atoms with Gasteiger partial charge in [-0.1, -0.05) is 0 Å². The highest BCUT2D eigenvalue weighted by Gasteiger charge is 2.52. The quantitative estimate of drug-likeness (QED) is 0.723. The maximum absolute atomic E-state index is 12.7. The zero-order valence-electron chi connectivity index (χ0n) is 15.2. The molecule has 0 atom stereocenters. The van der Waals surface area contributed by atoms with E-state index in [0.29, 0.717) is 16.9 Å². The third-order valence-corrected chi connectivity index (χ3v) is 7.41. The van der Waals surface area contributed by atoms with E-state index < -0.39 is 0 Å². The second-order valence-electron chi connectivity index (χ2n) is 9.05. The molecule has 4 aliphatic rings. The van der Waals surface area contributed by atoms with E-state index in [4.69, 9.17) is 0 Å². The van der Waals surface area contributed by atoms with Gasteiger partial charge in [0.1, 0.15) is 0 Å². The molecular weight excluding hydrogens is 330 g/mol. The summed E-state index contributed by atoms with van der Waals surface area (Å²) in [5.41, 5.74) is 1.76. The Morgan fingerprint density at radius 1 is 1.04 bits per heavy atom. The van der Waals surface area contributed by atoms with Gasteiger partial charge in [-0.15, -0.1) is 0 Å². The fourth-order valence-electron chi connectivity index (χ4n) is 6.62. The van der Waals surface area contributed by atoms with Crippen LogP contribution in [0.25, 0.3) is 16.9 Å². The van der Waals surface area contributed by atoms with E-state index in [1.807, 2.05) is 4.40 Å². The van der Waals surface area contributed by atoms with Crippen molar-refractivity contribution in [2.75, 3.05) is 0 Å². The molecule has 0 saturated heterocycles. The zero-order valence-corrected chi connectivity index (χ0v) is 15.2. The maximum Gasteiger partial charge on any atom is 0.332 e. The predicted octanol–water partition coefficient (Wildman–Crippen LogP) is 1.68. The van der Waals surface area contributed by atoms with Crippen molar-refractivity contribution in [3.63, 3.8) is 0 Å². The van der Waals surface area contributed by atoms with E-state index in [-0.39, 0.29) is 16.7 Å². The van der Waals surface area contributed by atoms with E-state index in [1.165, 1.54) is 55.8 Å².